The van der Waals surface area contributed by atoms with Crippen molar-refractivity contribution in [3.8, 4) is 0 Å². The monoisotopic (exact) mass is 168 g/mol. The summed E-state index contributed by atoms with van der Waals surface area (Å²) in [6.07, 6.45) is 2.44. The van der Waals surface area contributed by atoms with Crippen LogP contribution in [0.3, 0.4) is 0 Å². The van der Waals surface area contributed by atoms with Gasteiger partial charge in [-0.25, -0.2) is 0 Å². The zero-order valence-corrected chi connectivity index (χ0v) is 7.60. The summed E-state index contributed by atoms with van der Waals surface area (Å²) >= 11 is 0. The number of carbonyl (C=O) groups is 1. The maximum Gasteiger partial charge on any atom is 0.219 e. The van der Waals surface area contributed by atoms with Crippen LogP contribution in [0.2, 0.25) is 0 Å². The minimum absolute atomic E-state index is 0.235. The third-order valence-electron chi connectivity index (χ3n) is 3.22. The molecule has 0 aromatic heterocycles. The Morgan fingerprint density at radius 1 is 1.50 bits per heavy atom. The lowest BCUT2D eigenvalue weighted by Crippen LogP contribution is -2.31. The molecule has 68 valence electrons. The van der Waals surface area contributed by atoms with E-state index < -0.39 is 0 Å². The van der Waals surface area contributed by atoms with Crippen molar-refractivity contribution in [1.82, 2.24) is 10.2 Å². The lowest BCUT2D eigenvalue weighted by Gasteiger charge is -2.21. The molecule has 0 radical (unpaired) electrons. The molecule has 0 aliphatic carbocycles. The zero-order valence-electron chi connectivity index (χ0n) is 7.60. The summed E-state index contributed by atoms with van der Waals surface area (Å²) in [5.74, 6) is 0.235. The molecule has 0 bridgehead atoms. The molecule has 0 saturated carbocycles. The Balaban J connectivity index is 2.01. The molecule has 1 amide bonds. The average molecular weight is 168 g/mol. The van der Waals surface area contributed by atoms with Gasteiger partial charge in [-0.05, 0) is 19.4 Å². The molecule has 2 rings (SSSR count). The van der Waals surface area contributed by atoms with Gasteiger partial charge in [0.05, 0.1) is 0 Å². The molecule has 12 heavy (non-hydrogen) atoms. The largest absolute Gasteiger partial charge is 0.342 e. The van der Waals surface area contributed by atoms with E-state index in [-0.39, 0.29) is 5.91 Å². The normalized spacial score (nSPS) is 34.9. The Kier molecular flexibility index (Phi) is 1.83. The van der Waals surface area contributed by atoms with Crippen molar-refractivity contribution in [2.75, 3.05) is 26.2 Å². The standard InChI is InChI=1S/C9H16N2O/c1-8(12)11-5-3-9(7-11)2-4-10-6-9/h10H,2-7H2,1H3/t9-/m0/s1. The molecule has 1 spiro atoms. The Bertz CT molecular complexity index is 197. The molecule has 2 heterocycles. The third kappa shape index (κ3) is 1.22. The fraction of sp³-hybridized carbons (Fsp3) is 0.889. The number of amides is 1. The van der Waals surface area contributed by atoms with Crippen LogP contribution in [-0.2, 0) is 4.79 Å². The Morgan fingerprint density at radius 3 is 2.83 bits per heavy atom. The first-order valence-corrected chi connectivity index (χ1v) is 4.68. The Labute approximate surface area is 73.1 Å². The number of nitrogens with one attached hydrogen (secondary N) is 1. The molecule has 2 saturated heterocycles. The molecule has 0 aromatic carbocycles. The maximum absolute atomic E-state index is 11.1. The molecular weight excluding hydrogens is 152 g/mol. The highest BCUT2D eigenvalue weighted by atomic mass is 16.2. The highest BCUT2D eigenvalue weighted by molar-refractivity contribution is 5.73. The van der Waals surface area contributed by atoms with Crippen LogP contribution in [-0.4, -0.2) is 37.0 Å². The fourth-order valence-electron chi connectivity index (χ4n) is 2.35. The number of carbonyl (C=O) groups excluding carboxylic acids is 1. The fourth-order valence-corrected chi connectivity index (χ4v) is 2.35. The van der Waals surface area contributed by atoms with E-state index in [0.717, 1.165) is 26.2 Å². The van der Waals surface area contributed by atoms with Crippen LogP contribution in [0.4, 0.5) is 0 Å². The number of hydrogen-bond donors (Lipinski definition) is 1. The molecule has 0 aromatic rings. The van der Waals surface area contributed by atoms with Gasteiger partial charge < -0.3 is 10.2 Å². The molecule has 2 fully saturated rings. The van der Waals surface area contributed by atoms with Crippen molar-refractivity contribution in [1.29, 1.82) is 0 Å². The van der Waals surface area contributed by atoms with Gasteiger partial charge in [-0.3, -0.25) is 4.79 Å². The molecule has 0 unspecified atom stereocenters. The van der Waals surface area contributed by atoms with Crippen molar-refractivity contribution in [2.45, 2.75) is 19.8 Å². The van der Waals surface area contributed by atoms with Gasteiger partial charge in [0, 0.05) is 32.0 Å². The van der Waals surface area contributed by atoms with Crippen LogP contribution in [0, 0.1) is 5.41 Å². The van der Waals surface area contributed by atoms with Crippen LogP contribution in [0.5, 0.6) is 0 Å². The lowest BCUT2D eigenvalue weighted by molar-refractivity contribution is -0.128. The predicted molar refractivity (Wildman–Crippen MR) is 46.8 cm³/mol. The number of likely N-dealkylation sites (tertiary alicyclic amines) is 1. The van der Waals surface area contributed by atoms with Crippen molar-refractivity contribution < 1.29 is 4.79 Å². The third-order valence-corrected chi connectivity index (χ3v) is 3.22. The number of rotatable bonds is 0. The van der Waals surface area contributed by atoms with Crippen LogP contribution in [0.15, 0.2) is 0 Å². The van der Waals surface area contributed by atoms with Crippen LogP contribution in [0.1, 0.15) is 19.8 Å². The van der Waals surface area contributed by atoms with Gasteiger partial charge >= 0.3 is 0 Å². The van der Waals surface area contributed by atoms with Crippen LogP contribution < -0.4 is 5.32 Å². The van der Waals surface area contributed by atoms with E-state index in [1.807, 2.05) is 4.90 Å². The molecule has 2 aliphatic heterocycles. The van der Waals surface area contributed by atoms with Crippen LogP contribution in [0.25, 0.3) is 0 Å². The summed E-state index contributed by atoms with van der Waals surface area (Å²) < 4.78 is 0. The summed E-state index contributed by atoms with van der Waals surface area (Å²) in [6, 6.07) is 0. The first kappa shape index (κ1) is 8.05. The van der Waals surface area contributed by atoms with Gasteiger partial charge in [0.15, 0.2) is 0 Å². The molecule has 1 atom stereocenters. The van der Waals surface area contributed by atoms with Gasteiger partial charge in [0.25, 0.3) is 0 Å². The van der Waals surface area contributed by atoms with E-state index in [4.69, 9.17) is 0 Å². The number of nitrogens with zero attached hydrogens (tertiary/aromatic N) is 1. The summed E-state index contributed by atoms with van der Waals surface area (Å²) in [7, 11) is 0. The van der Waals surface area contributed by atoms with E-state index in [1.54, 1.807) is 6.92 Å². The molecular formula is C9H16N2O. The SMILES string of the molecule is CC(=O)N1CC[C@]2(CCNC2)C1. The first-order chi connectivity index (χ1) is 5.72. The predicted octanol–water partition coefficient (Wildman–Crippen LogP) is 0.218. The van der Waals surface area contributed by atoms with Gasteiger partial charge in [-0.2, -0.15) is 0 Å². The highest BCUT2D eigenvalue weighted by Crippen LogP contribution is 2.35. The average Bonchev–Trinajstić information content (AvgIpc) is 2.62. The Morgan fingerprint density at radius 2 is 2.33 bits per heavy atom. The lowest BCUT2D eigenvalue weighted by atomic mass is 9.87. The zero-order chi connectivity index (χ0) is 8.60. The molecule has 1 N–H and O–H groups in total. The van der Waals surface area contributed by atoms with E-state index >= 15 is 0 Å². The van der Waals surface area contributed by atoms with Gasteiger partial charge in [0.2, 0.25) is 5.91 Å². The van der Waals surface area contributed by atoms with Crippen molar-refractivity contribution >= 4 is 5.91 Å². The maximum atomic E-state index is 11.1. The summed E-state index contributed by atoms with van der Waals surface area (Å²) in [6.45, 7) is 5.86. The van der Waals surface area contributed by atoms with E-state index in [2.05, 4.69) is 5.32 Å². The van der Waals surface area contributed by atoms with Gasteiger partial charge in [-0.15, -0.1) is 0 Å². The summed E-state index contributed by atoms with van der Waals surface area (Å²) in [5, 5.41) is 3.38. The Hall–Kier alpha value is -0.570. The van der Waals surface area contributed by atoms with E-state index in [0.29, 0.717) is 5.41 Å². The van der Waals surface area contributed by atoms with Crippen molar-refractivity contribution in [2.24, 2.45) is 5.41 Å². The highest BCUT2D eigenvalue weighted by Gasteiger charge is 2.40. The second kappa shape index (κ2) is 2.73. The quantitative estimate of drug-likeness (QED) is 0.561. The van der Waals surface area contributed by atoms with Gasteiger partial charge in [-0.1, -0.05) is 0 Å². The van der Waals surface area contributed by atoms with E-state index in [1.165, 1.54) is 12.8 Å². The van der Waals surface area contributed by atoms with Crippen molar-refractivity contribution in [3.63, 3.8) is 0 Å². The smallest absolute Gasteiger partial charge is 0.219 e. The minimum Gasteiger partial charge on any atom is -0.342 e. The molecule has 3 heteroatoms. The number of hydrogen-bond acceptors (Lipinski definition) is 2. The van der Waals surface area contributed by atoms with E-state index in [9.17, 15) is 4.79 Å². The molecule has 2 aliphatic rings. The molecule has 3 nitrogen and oxygen atoms in total. The van der Waals surface area contributed by atoms with Crippen molar-refractivity contribution in [3.05, 3.63) is 0 Å². The van der Waals surface area contributed by atoms with Gasteiger partial charge in [0.1, 0.15) is 0 Å². The first-order valence-electron chi connectivity index (χ1n) is 4.68. The topological polar surface area (TPSA) is 32.3 Å². The van der Waals surface area contributed by atoms with Crippen LogP contribution >= 0.6 is 0 Å². The second-order valence-corrected chi connectivity index (χ2v) is 4.12. The second-order valence-electron chi connectivity index (χ2n) is 4.12. The summed E-state index contributed by atoms with van der Waals surface area (Å²) in [4.78, 5) is 13.1. The summed E-state index contributed by atoms with van der Waals surface area (Å²) in [5.41, 5.74) is 0.436. The minimum atomic E-state index is 0.235.